The first kappa shape index (κ1) is 13.0. The van der Waals surface area contributed by atoms with Crippen LogP contribution in [-0.2, 0) is 0 Å². The summed E-state index contributed by atoms with van der Waals surface area (Å²) in [5.41, 5.74) is 7.66. The Morgan fingerprint density at radius 3 is 3.00 bits per heavy atom. The molecule has 4 N–H and O–H groups in total. The van der Waals surface area contributed by atoms with Gasteiger partial charge in [0.05, 0.1) is 17.7 Å². The van der Waals surface area contributed by atoms with E-state index >= 15 is 0 Å². The van der Waals surface area contributed by atoms with Crippen LogP contribution in [0.15, 0.2) is 30.6 Å². The van der Waals surface area contributed by atoms with E-state index in [0.717, 1.165) is 24.4 Å². The van der Waals surface area contributed by atoms with Crippen molar-refractivity contribution in [2.24, 2.45) is 0 Å². The Morgan fingerprint density at radius 2 is 2.37 bits per heavy atom. The number of hydrogen-bond acceptors (Lipinski definition) is 5. The molecule has 0 aromatic heterocycles. The maximum atomic E-state index is 9.12. The lowest BCUT2D eigenvalue weighted by Crippen LogP contribution is -2.28. The summed E-state index contributed by atoms with van der Waals surface area (Å²) in [6.45, 7) is 2.10. The summed E-state index contributed by atoms with van der Waals surface area (Å²) >= 11 is 0. The lowest BCUT2D eigenvalue weighted by molar-refractivity contribution is 0.714. The number of hydrogen-bond donors (Lipinski definition) is 3. The number of nitriles is 1. The molecule has 2 rings (SSSR count). The zero-order chi connectivity index (χ0) is 13.7. The predicted octanol–water partition coefficient (Wildman–Crippen LogP) is 1.53. The summed E-state index contributed by atoms with van der Waals surface area (Å²) in [6, 6.07) is 7.71. The number of rotatable bonds is 5. The van der Waals surface area contributed by atoms with Crippen molar-refractivity contribution in [3.05, 3.63) is 36.2 Å². The average molecular weight is 255 g/mol. The molecule has 1 aromatic rings. The van der Waals surface area contributed by atoms with E-state index in [2.05, 4.69) is 28.6 Å². The van der Waals surface area contributed by atoms with E-state index in [0.29, 0.717) is 11.3 Å². The summed E-state index contributed by atoms with van der Waals surface area (Å²) in [5, 5.41) is 15.6. The molecule has 0 aliphatic carbocycles. The molecular weight excluding hydrogens is 238 g/mol. The van der Waals surface area contributed by atoms with Gasteiger partial charge in [0.1, 0.15) is 12.3 Å². The van der Waals surface area contributed by atoms with E-state index in [4.69, 9.17) is 11.0 Å². The second kappa shape index (κ2) is 5.91. The number of nitrogen functional groups attached to an aromatic ring is 1. The maximum Gasteiger partial charge on any atom is 0.298 e. The Labute approximate surface area is 112 Å². The highest BCUT2D eigenvalue weighted by molar-refractivity contribution is 5.84. The molecule has 1 aromatic carbocycles. The first-order valence-electron chi connectivity index (χ1n) is 6.27. The molecule has 1 aliphatic rings. The third-order valence-electron chi connectivity index (χ3n) is 3.01. The van der Waals surface area contributed by atoms with Crippen LogP contribution in [-0.4, -0.2) is 11.9 Å². The van der Waals surface area contributed by atoms with Crippen LogP contribution in [0.25, 0.3) is 0 Å². The normalized spacial score (nSPS) is 14.4. The largest absolute Gasteiger partial charge is 0.399 e. The summed E-state index contributed by atoms with van der Waals surface area (Å²) < 4.78 is 0. The summed E-state index contributed by atoms with van der Waals surface area (Å²) in [5.74, 6) is 0.938. The second-order valence-corrected chi connectivity index (χ2v) is 4.41. The number of nitrogens with two attached hydrogens (primary N) is 1. The van der Waals surface area contributed by atoms with Crippen LogP contribution >= 0.6 is 0 Å². The molecule has 97 valence electrons. The smallest absolute Gasteiger partial charge is 0.298 e. The quantitative estimate of drug-likeness (QED) is 0.696. The monoisotopic (exact) mass is 255 g/mol. The molecule has 0 amide bonds. The maximum absolute atomic E-state index is 9.12. The van der Waals surface area contributed by atoms with Crippen LogP contribution in [0.5, 0.6) is 0 Å². The molecule has 1 atom stereocenters. The van der Waals surface area contributed by atoms with Crippen molar-refractivity contribution in [3.8, 4) is 6.07 Å². The molecule has 0 bridgehead atoms. The Kier molecular flexibility index (Phi) is 4.04. The molecule has 1 aliphatic heterocycles. The highest BCUT2D eigenvalue weighted by Crippen LogP contribution is 2.20. The number of benzene rings is 1. The number of aliphatic imine (C=N–C) groups is 1. The van der Waals surface area contributed by atoms with Crippen LogP contribution in [0.4, 0.5) is 11.4 Å². The minimum absolute atomic E-state index is 0.224. The third kappa shape index (κ3) is 3.26. The lowest BCUT2D eigenvalue weighted by Gasteiger charge is -2.17. The van der Waals surface area contributed by atoms with E-state index < -0.39 is 0 Å². The first-order chi connectivity index (χ1) is 9.22. The number of nitrogens with zero attached hydrogens (tertiary/aromatic N) is 2. The van der Waals surface area contributed by atoms with Crippen LogP contribution in [0, 0.1) is 11.3 Å². The number of amidine groups is 1. The molecule has 0 saturated heterocycles. The van der Waals surface area contributed by atoms with Gasteiger partial charge in [0.15, 0.2) is 6.20 Å². The van der Waals surface area contributed by atoms with Gasteiger partial charge in [-0.2, -0.15) is 5.26 Å². The lowest BCUT2D eigenvalue weighted by atomic mass is 10.1. The van der Waals surface area contributed by atoms with Crippen LogP contribution in [0.2, 0.25) is 0 Å². The van der Waals surface area contributed by atoms with Gasteiger partial charge in [0.2, 0.25) is 0 Å². The third-order valence-corrected chi connectivity index (χ3v) is 3.01. The van der Waals surface area contributed by atoms with Gasteiger partial charge in [-0.15, -0.1) is 0 Å². The Morgan fingerprint density at radius 1 is 1.53 bits per heavy atom. The molecule has 1 heterocycles. The average Bonchev–Trinajstić information content (AvgIpc) is 2.92. The number of nitrogens with one attached hydrogen (secondary N) is 2. The fourth-order valence-corrected chi connectivity index (χ4v) is 1.94. The van der Waals surface area contributed by atoms with Crippen molar-refractivity contribution < 1.29 is 0 Å². The van der Waals surface area contributed by atoms with Gasteiger partial charge in [-0.1, -0.05) is 11.9 Å². The molecule has 0 spiro atoms. The van der Waals surface area contributed by atoms with E-state index in [1.165, 1.54) is 0 Å². The predicted molar refractivity (Wildman–Crippen MR) is 77.3 cm³/mol. The van der Waals surface area contributed by atoms with Crippen molar-refractivity contribution in [2.75, 3.05) is 11.1 Å². The van der Waals surface area contributed by atoms with E-state index in [9.17, 15) is 0 Å². The molecule has 1 radical (unpaired) electrons. The van der Waals surface area contributed by atoms with Crippen molar-refractivity contribution in [3.63, 3.8) is 0 Å². The zero-order valence-electron chi connectivity index (χ0n) is 10.9. The van der Waals surface area contributed by atoms with E-state index in [1.54, 1.807) is 18.3 Å². The van der Waals surface area contributed by atoms with Crippen molar-refractivity contribution in [1.29, 1.82) is 5.26 Å². The fraction of sp³-hybridized carbons (Fsp3) is 0.286. The molecule has 0 saturated carbocycles. The van der Waals surface area contributed by atoms with Crippen LogP contribution in [0.3, 0.4) is 0 Å². The van der Waals surface area contributed by atoms with Gasteiger partial charge in [0.25, 0.3) is 5.84 Å². The van der Waals surface area contributed by atoms with Crippen molar-refractivity contribution in [1.82, 2.24) is 10.3 Å². The van der Waals surface area contributed by atoms with Crippen LogP contribution in [0.1, 0.15) is 25.3 Å². The molecule has 5 heteroatoms. The van der Waals surface area contributed by atoms with Crippen molar-refractivity contribution in [2.45, 2.75) is 25.8 Å². The molecule has 1 unspecified atom stereocenters. The minimum atomic E-state index is 0.224. The fourth-order valence-electron chi connectivity index (χ4n) is 1.94. The van der Waals surface area contributed by atoms with Gasteiger partial charge in [-0.3, -0.25) is 0 Å². The standard InChI is InChI=1S/C14H17N5/c1-2-12(8-14-17-5-6-18-14)19-13-4-3-11(16)7-10(13)9-15/h3-7,12,17,19H,2,8,16H2,1H3/q+1. The van der Waals surface area contributed by atoms with E-state index in [-0.39, 0.29) is 6.04 Å². The molecule has 19 heavy (non-hydrogen) atoms. The Hall–Kier alpha value is -2.48. The van der Waals surface area contributed by atoms with Crippen LogP contribution < -0.4 is 21.4 Å². The van der Waals surface area contributed by atoms with Gasteiger partial charge in [-0.25, -0.2) is 5.32 Å². The van der Waals surface area contributed by atoms with Gasteiger partial charge in [0, 0.05) is 11.7 Å². The minimum Gasteiger partial charge on any atom is -0.399 e. The highest BCUT2D eigenvalue weighted by atomic mass is 15.0. The topological polar surface area (TPSA) is 88.0 Å². The highest BCUT2D eigenvalue weighted by Gasteiger charge is 2.18. The van der Waals surface area contributed by atoms with E-state index in [1.807, 2.05) is 12.3 Å². The van der Waals surface area contributed by atoms with Crippen molar-refractivity contribution >= 4 is 17.2 Å². The van der Waals surface area contributed by atoms with Gasteiger partial charge < -0.3 is 11.1 Å². The molecule has 5 nitrogen and oxygen atoms in total. The molecular formula is C14H17N5+. The summed E-state index contributed by atoms with van der Waals surface area (Å²) in [6.07, 6.45) is 5.28. The summed E-state index contributed by atoms with van der Waals surface area (Å²) in [4.78, 5) is 4.22. The number of anilines is 2. The SMILES string of the molecule is CCC(CC1=[N+]C=CN1)Nc1ccc(N)cc1C#N. The zero-order valence-corrected chi connectivity index (χ0v) is 10.9. The van der Waals surface area contributed by atoms with Gasteiger partial charge >= 0.3 is 0 Å². The first-order valence-corrected chi connectivity index (χ1v) is 6.27. The Bertz CT molecular complexity index is 553. The summed E-state index contributed by atoms with van der Waals surface area (Å²) in [7, 11) is 0. The van der Waals surface area contributed by atoms with Gasteiger partial charge in [-0.05, 0) is 24.6 Å². The Balaban J connectivity index is 2.08. The second-order valence-electron chi connectivity index (χ2n) is 4.41. The molecule has 0 fully saturated rings.